The first-order valence-electron chi connectivity index (χ1n) is 9.30. The molecule has 0 fully saturated rings. The number of hydrogen-bond donors (Lipinski definition) is 1. The molecular weight excluding hydrogens is 330 g/mol. The summed E-state index contributed by atoms with van der Waals surface area (Å²) in [7, 11) is 0. The molecule has 1 heterocycles. The van der Waals surface area contributed by atoms with Gasteiger partial charge in [0, 0.05) is 29.8 Å². The lowest BCUT2D eigenvalue weighted by molar-refractivity contribution is -0.143. The van der Waals surface area contributed by atoms with Crippen LogP contribution in [0.4, 0.5) is 5.69 Å². The van der Waals surface area contributed by atoms with Crippen molar-refractivity contribution in [2.75, 3.05) is 18.1 Å². The van der Waals surface area contributed by atoms with Crippen LogP contribution in [-0.4, -0.2) is 30.2 Å². The van der Waals surface area contributed by atoms with E-state index in [2.05, 4.69) is 24.8 Å². The molecule has 0 spiro atoms. The molecule has 142 valence electrons. The van der Waals surface area contributed by atoms with Gasteiger partial charge < -0.3 is 14.7 Å². The minimum absolute atomic E-state index is 0.129. The number of carboxylic acid groups (broad SMARTS) is 1. The molecule has 2 rings (SSSR count). The summed E-state index contributed by atoms with van der Waals surface area (Å²) in [4.78, 5) is 25.0. The molecule has 26 heavy (non-hydrogen) atoms. The van der Waals surface area contributed by atoms with E-state index < -0.39 is 5.97 Å². The molecule has 5 nitrogen and oxygen atoms in total. The van der Waals surface area contributed by atoms with Crippen molar-refractivity contribution in [3.05, 3.63) is 41.1 Å². The van der Waals surface area contributed by atoms with Crippen LogP contribution in [0.2, 0.25) is 0 Å². The van der Waals surface area contributed by atoms with Gasteiger partial charge in [-0.05, 0) is 50.5 Å². The summed E-state index contributed by atoms with van der Waals surface area (Å²) in [6.07, 6.45) is 5.32. The average molecular weight is 359 g/mol. The van der Waals surface area contributed by atoms with Gasteiger partial charge in [0.15, 0.2) is 0 Å². The third-order valence-corrected chi connectivity index (χ3v) is 4.98. The van der Waals surface area contributed by atoms with Gasteiger partial charge in [-0.3, -0.25) is 4.79 Å². The fourth-order valence-electron chi connectivity index (χ4n) is 3.72. The predicted molar refractivity (Wildman–Crippen MR) is 103 cm³/mol. The predicted octanol–water partition coefficient (Wildman–Crippen LogP) is 4.51. The molecule has 0 amide bonds. The van der Waals surface area contributed by atoms with Crippen LogP contribution < -0.4 is 4.90 Å². The monoisotopic (exact) mass is 359 g/mol. The van der Waals surface area contributed by atoms with Crippen molar-refractivity contribution in [2.45, 2.75) is 58.8 Å². The van der Waals surface area contributed by atoms with E-state index in [0.29, 0.717) is 18.6 Å². The number of anilines is 1. The molecular formula is C21H29NO4. The number of carboxylic acids is 1. The first-order valence-corrected chi connectivity index (χ1v) is 9.30. The number of carbonyl (C=O) groups excluding carboxylic acids is 1. The normalized spacial score (nSPS) is 16.6. The van der Waals surface area contributed by atoms with Crippen LogP contribution >= 0.6 is 0 Å². The van der Waals surface area contributed by atoms with E-state index in [9.17, 15) is 14.7 Å². The standard InChI is InChI=1S/C21H29NO4/c1-5-18-21(3,4)16-14-15(20(24)25)11-12-17(16)22(18)13-9-7-8-10-19(23)26-6-2/h5,11-12,14H,6-10,13H2,1-4H3,(H,24,25)/b18-5+. The lowest BCUT2D eigenvalue weighted by Gasteiger charge is -2.27. The second-order valence-electron chi connectivity index (χ2n) is 7.10. The summed E-state index contributed by atoms with van der Waals surface area (Å²) >= 11 is 0. The van der Waals surface area contributed by atoms with E-state index in [4.69, 9.17) is 4.74 Å². The molecule has 0 atom stereocenters. The van der Waals surface area contributed by atoms with Gasteiger partial charge in [-0.1, -0.05) is 26.3 Å². The van der Waals surface area contributed by atoms with E-state index in [-0.39, 0.29) is 11.4 Å². The Morgan fingerprint density at radius 3 is 2.58 bits per heavy atom. The molecule has 0 aliphatic carbocycles. The summed E-state index contributed by atoms with van der Waals surface area (Å²) in [6, 6.07) is 5.38. The number of nitrogens with zero attached hydrogens (tertiary/aromatic N) is 1. The van der Waals surface area contributed by atoms with Crippen molar-refractivity contribution in [1.82, 2.24) is 0 Å². The summed E-state index contributed by atoms with van der Waals surface area (Å²) in [5.41, 5.74) is 3.43. The zero-order valence-electron chi connectivity index (χ0n) is 16.2. The van der Waals surface area contributed by atoms with Gasteiger partial charge in [0.25, 0.3) is 0 Å². The first-order chi connectivity index (χ1) is 12.3. The Morgan fingerprint density at radius 2 is 1.96 bits per heavy atom. The Morgan fingerprint density at radius 1 is 1.23 bits per heavy atom. The Balaban J connectivity index is 2.07. The topological polar surface area (TPSA) is 66.8 Å². The van der Waals surface area contributed by atoms with Gasteiger partial charge in [-0.2, -0.15) is 0 Å². The minimum Gasteiger partial charge on any atom is -0.478 e. The number of hydrogen-bond acceptors (Lipinski definition) is 4. The molecule has 1 aromatic rings. The zero-order valence-corrected chi connectivity index (χ0v) is 16.2. The molecule has 0 bridgehead atoms. The van der Waals surface area contributed by atoms with Crippen molar-refractivity contribution in [1.29, 1.82) is 0 Å². The number of carbonyl (C=O) groups is 2. The molecule has 0 saturated carbocycles. The highest BCUT2D eigenvalue weighted by Crippen LogP contribution is 2.48. The largest absolute Gasteiger partial charge is 0.478 e. The zero-order chi connectivity index (χ0) is 19.3. The first kappa shape index (κ1) is 20.0. The van der Waals surface area contributed by atoms with Crippen LogP contribution in [0.1, 0.15) is 69.3 Å². The fourth-order valence-corrected chi connectivity index (χ4v) is 3.72. The van der Waals surface area contributed by atoms with Crippen LogP contribution in [-0.2, 0) is 14.9 Å². The van der Waals surface area contributed by atoms with Gasteiger partial charge >= 0.3 is 11.9 Å². The van der Waals surface area contributed by atoms with Crippen molar-refractivity contribution < 1.29 is 19.4 Å². The molecule has 0 saturated heterocycles. The summed E-state index contributed by atoms with van der Waals surface area (Å²) in [6.45, 7) is 9.39. The highest BCUT2D eigenvalue weighted by atomic mass is 16.5. The second kappa shape index (κ2) is 8.39. The van der Waals surface area contributed by atoms with Gasteiger partial charge in [0.2, 0.25) is 0 Å². The summed E-state index contributed by atoms with van der Waals surface area (Å²) < 4.78 is 4.95. The Bertz CT molecular complexity index is 706. The Labute approximate surface area is 155 Å². The number of allylic oxidation sites excluding steroid dienone is 2. The molecule has 1 aliphatic heterocycles. The van der Waals surface area contributed by atoms with Crippen LogP contribution in [0.3, 0.4) is 0 Å². The van der Waals surface area contributed by atoms with Crippen molar-refractivity contribution in [3.63, 3.8) is 0 Å². The SMILES string of the molecule is C/C=C1/N(CCCCCC(=O)OCC)c2ccc(C(=O)O)cc2C1(C)C. The van der Waals surface area contributed by atoms with Crippen molar-refractivity contribution in [2.24, 2.45) is 0 Å². The minimum atomic E-state index is -0.900. The molecule has 1 N–H and O–H groups in total. The Hall–Kier alpha value is -2.30. The van der Waals surface area contributed by atoms with Crippen LogP contribution in [0, 0.1) is 0 Å². The maximum atomic E-state index is 11.4. The highest BCUT2D eigenvalue weighted by molar-refractivity contribution is 5.89. The van der Waals surface area contributed by atoms with E-state index in [1.807, 2.05) is 19.9 Å². The smallest absolute Gasteiger partial charge is 0.335 e. The van der Waals surface area contributed by atoms with Crippen molar-refractivity contribution >= 4 is 17.6 Å². The van der Waals surface area contributed by atoms with Gasteiger partial charge in [-0.15, -0.1) is 0 Å². The van der Waals surface area contributed by atoms with Gasteiger partial charge in [-0.25, -0.2) is 4.79 Å². The molecule has 0 unspecified atom stereocenters. The maximum Gasteiger partial charge on any atom is 0.335 e. The number of esters is 1. The third-order valence-electron chi connectivity index (χ3n) is 4.98. The molecule has 1 aliphatic rings. The maximum absolute atomic E-state index is 11.4. The number of rotatable bonds is 8. The van der Waals surface area contributed by atoms with E-state index in [0.717, 1.165) is 37.1 Å². The molecule has 0 radical (unpaired) electrons. The van der Waals surface area contributed by atoms with Crippen LogP contribution in [0.15, 0.2) is 30.0 Å². The highest BCUT2D eigenvalue weighted by Gasteiger charge is 2.39. The molecule has 1 aromatic carbocycles. The molecule has 0 aromatic heterocycles. The number of fused-ring (bicyclic) bond motifs is 1. The van der Waals surface area contributed by atoms with Crippen molar-refractivity contribution in [3.8, 4) is 0 Å². The summed E-state index contributed by atoms with van der Waals surface area (Å²) in [5.74, 6) is -1.03. The van der Waals surface area contributed by atoms with E-state index >= 15 is 0 Å². The second-order valence-corrected chi connectivity index (χ2v) is 7.10. The number of unbranched alkanes of at least 4 members (excludes halogenated alkanes) is 2. The third kappa shape index (κ3) is 4.09. The molecule has 5 heteroatoms. The lowest BCUT2D eigenvalue weighted by atomic mass is 9.83. The van der Waals surface area contributed by atoms with Gasteiger partial charge in [0.1, 0.15) is 0 Å². The summed E-state index contributed by atoms with van der Waals surface area (Å²) in [5, 5.41) is 9.29. The Kier molecular flexibility index (Phi) is 6.46. The number of ether oxygens (including phenoxy) is 1. The van der Waals surface area contributed by atoms with Gasteiger partial charge in [0.05, 0.1) is 12.2 Å². The number of aromatic carboxylic acids is 1. The average Bonchev–Trinajstić information content (AvgIpc) is 2.81. The lowest BCUT2D eigenvalue weighted by Crippen LogP contribution is -2.26. The quantitative estimate of drug-likeness (QED) is 0.546. The number of benzene rings is 1. The van der Waals surface area contributed by atoms with Crippen LogP contribution in [0.25, 0.3) is 0 Å². The van der Waals surface area contributed by atoms with E-state index in [1.165, 1.54) is 5.70 Å². The van der Waals surface area contributed by atoms with E-state index in [1.54, 1.807) is 12.1 Å². The van der Waals surface area contributed by atoms with Crippen LogP contribution in [0.5, 0.6) is 0 Å². The fraction of sp³-hybridized carbons (Fsp3) is 0.524.